The smallest absolute Gasteiger partial charge is 0.261 e. The third-order valence-electron chi connectivity index (χ3n) is 7.55. The number of anilines is 1. The SMILES string of the molecule is CC1(C)Cc2cc(Cl)c(N)cc2C(CC(=O)C23CC4CC(CC(C4)C2)C3)=N1.CS(=O)(=O)O. The highest BCUT2D eigenvalue weighted by atomic mass is 35.5. The van der Waals surface area contributed by atoms with Crippen LogP contribution >= 0.6 is 11.6 Å². The lowest BCUT2D eigenvalue weighted by Crippen LogP contribution is -2.50. The molecule has 4 bridgehead atoms. The van der Waals surface area contributed by atoms with Gasteiger partial charge >= 0.3 is 0 Å². The van der Waals surface area contributed by atoms with Crippen LogP contribution in [0, 0.1) is 23.2 Å². The second-order valence-electron chi connectivity index (χ2n) is 11.1. The first-order chi connectivity index (χ1) is 14.7. The second-order valence-corrected chi connectivity index (χ2v) is 13.0. The van der Waals surface area contributed by atoms with Gasteiger partial charge in [0.1, 0.15) is 5.78 Å². The molecule has 0 amide bonds. The molecule has 5 aliphatic rings. The minimum absolute atomic E-state index is 0.0724. The van der Waals surface area contributed by atoms with Gasteiger partial charge in [-0.2, -0.15) is 8.42 Å². The molecule has 0 radical (unpaired) electrons. The zero-order chi connectivity index (χ0) is 23.5. The van der Waals surface area contributed by atoms with Crippen LogP contribution in [0.1, 0.15) is 69.9 Å². The normalized spacial score (nSPS) is 31.9. The molecule has 176 valence electrons. The summed E-state index contributed by atoms with van der Waals surface area (Å²) in [7, 11) is -3.67. The zero-order valence-electron chi connectivity index (χ0n) is 19.0. The topological polar surface area (TPSA) is 110 Å². The molecule has 1 heterocycles. The van der Waals surface area contributed by atoms with Gasteiger partial charge in [-0.3, -0.25) is 14.3 Å². The summed E-state index contributed by atoms with van der Waals surface area (Å²) in [5.41, 5.74) is 9.50. The first kappa shape index (κ1) is 23.7. The van der Waals surface area contributed by atoms with Crippen LogP contribution in [0.3, 0.4) is 0 Å². The van der Waals surface area contributed by atoms with E-state index in [1.165, 1.54) is 24.8 Å². The number of nitrogen functional groups attached to an aromatic ring is 1. The summed E-state index contributed by atoms with van der Waals surface area (Å²) in [4.78, 5) is 18.6. The molecular weight excluding hydrogens is 448 g/mol. The van der Waals surface area contributed by atoms with Crippen molar-refractivity contribution in [1.82, 2.24) is 0 Å². The van der Waals surface area contributed by atoms with Gasteiger partial charge in [-0.1, -0.05) is 11.6 Å². The average molecular weight is 481 g/mol. The molecule has 4 aliphatic carbocycles. The van der Waals surface area contributed by atoms with Crippen LogP contribution in [0.2, 0.25) is 5.02 Å². The van der Waals surface area contributed by atoms with Crippen LogP contribution in [0.5, 0.6) is 0 Å². The summed E-state index contributed by atoms with van der Waals surface area (Å²) < 4.78 is 25.9. The van der Waals surface area contributed by atoms with Crippen LogP contribution in [-0.2, 0) is 21.3 Å². The van der Waals surface area contributed by atoms with Gasteiger partial charge in [-0.15, -0.1) is 0 Å². The summed E-state index contributed by atoms with van der Waals surface area (Å²) >= 11 is 6.27. The Kier molecular flexibility index (Phi) is 6.00. The number of rotatable bonds is 3. The standard InChI is InChI=1S/C23H29ClN2O.CH4O3S/c1-22(2)12-16-6-18(24)19(25)7-17(16)20(26-22)8-21(27)23-9-13-3-14(10-23)5-15(4-13)11-23;1-5(2,3)4/h6-7,13-15H,3-5,8-12,25H2,1-2H3;1H3,(H,2,3,4). The molecule has 6 rings (SSSR count). The molecule has 1 aromatic rings. The van der Waals surface area contributed by atoms with Crippen LogP contribution in [-0.4, -0.2) is 36.3 Å². The third kappa shape index (κ3) is 5.05. The molecule has 4 fully saturated rings. The van der Waals surface area contributed by atoms with E-state index in [0.717, 1.165) is 54.7 Å². The van der Waals surface area contributed by atoms with Crippen molar-refractivity contribution in [3.05, 3.63) is 28.3 Å². The molecule has 32 heavy (non-hydrogen) atoms. The van der Waals surface area contributed by atoms with E-state index in [1.54, 1.807) is 0 Å². The number of aliphatic imine (C=N–C) groups is 1. The second kappa shape index (κ2) is 8.10. The summed E-state index contributed by atoms with van der Waals surface area (Å²) in [6.45, 7) is 4.27. The maximum absolute atomic E-state index is 13.6. The van der Waals surface area contributed by atoms with E-state index >= 15 is 0 Å². The summed E-state index contributed by atoms with van der Waals surface area (Å²) in [6.07, 6.45) is 9.42. The molecule has 1 aromatic carbocycles. The van der Waals surface area contributed by atoms with Crippen molar-refractivity contribution in [2.24, 2.45) is 28.2 Å². The first-order valence-corrected chi connectivity index (χ1v) is 13.6. The molecule has 1 aliphatic heterocycles. The fourth-order valence-corrected chi connectivity index (χ4v) is 7.09. The van der Waals surface area contributed by atoms with E-state index in [2.05, 4.69) is 13.8 Å². The number of fused-ring (bicyclic) bond motifs is 1. The van der Waals surface area contributed by atoms with Gasteiger partial charge in [0.2, 0.25) is 0 Å². The number of hydrogen-bond acceptors (Lipinski definition) is 5. The van der Waals surface area contributed by atoms with Crippen LogP contribution < -0.4 is 5.73 Å². The Morgan fingerprint density at radius 3 is 2.16 bits per heavy atom. The lowest BCUT2D eigenvalue weighted by Gasteiger charge is -2.56. The predicted molar refractivity (Wildman–Crippen MR) is 128 cm³/mol. The predicted octanol–water partition coefficient (Wildman–Crippen LogP) is 4.73. The highest BCUT2D eigenvalue weighted by Crippen LogP contribution is 2.60. The van der Waals surface area contributed by atoms with Crippen molar-refractivity contribution in [1.29, 1.82) is 0 Å². The van der Waals surface area contributed by atoms with E-state index < -0.39 is 10.1 Å². The molecule has 4 saturated carbocycles. The first-order valence-electron chi connectivity index (χ1n) is 11.4. The number of carbonyl (C=O) groups excluding carboxylic acids is 1. The maximum Gasteiger partial charge on any atom is 0.261 e. The summed E-state index contributed by atoms with van der Waals surface area (Å²) in [5.74, 6) is 2.78. The van der Waals surface area contributed by atoms with Crippen molar-refractivity contribution in [3.8, 4) is 0 Å². The highest BCUT2D eigenvalue weighted by Gasteiger charge is 2.54. The van der Waals surface area contributed by atoms with Gasteiger partial charge in [0.25, 0.3) is 10.1 Å². The van der Waals surface area contributed by atoms with Gasteiger partial charge in [0, 0.05) is 17.4 Å². The quantitative estimate of drug-likeness (QED) is 0.480. The van der Waals surface area contributed by atoms with Gasteiger partial charge in [-0.25, -0.2) is 0 Å². The molecule has 0 spiro atoms. The number of benzene rings is 1. The Bertz CT molecular complexity index is 1030. The molecule has 0 unspecified atom stereocenters. The Hall–Kier alpha value is -1.44. The fraction of sp³-hybridized carbons (Fsp3) is 0.667. The Morgan fingerprint density at radius 2 is 1.66 bits per heavy atom. The van der Waals surface area contributed by atoms with Crippen molar-refractivity contribution in [2.75, 3.05) is 12.0 Å². The Labute approximate surface area is 195 Å². The van der Waals surface area contributed by atoms with E-state index in [1.807, 2.05) is 12.1 Å². The molecular formula is C24H33ClN2O4S. The lowest BCUT2D eigenvalue weighted by molar-refractivity contribution is -0.142. The van der Waals surface area contributed by atoms with Gasteiger partial charge in [-0.05, 0) is 94.2 Å². The minimum Gasteiger partial charge on any atom is -0.398 e. The Morgan fingerprint density at radius 1 is 1.16 bits per heavy atom. The van der Waals surface area contributed by atoms with E-state index in [0.29, 0.717) is 29.2 Å². The maximum atomic E-state index is 13.6. The molecule has 8 heteroatoms. The van der Waals surface area contributed by atoms with Gasteiger partial charge < -0.3 is 5.73 Å². The number of ketones is 1. The summed E-state index contributed by atoms with van der Waals surface area (Å²) in [6, 6.07) is 3.90. The van der Waals surface area contributed by atoms with Crippen molar-refractivity contribution >= 4 is 38.9 Å². The van der Waals surface area contributed by atoms with Crippen LogP contribution in [0.15, 0.2) is 17.1 Å². The molecule has 6 nitrogen and oxygen atoms in total. The number of nitrogens with two attached hydrogens (primary N) is 1. The highest BCUT2D eigenvalue weighted by molar-refractivity contribution is 7.85. The third-order valence-corrected chi connectivity index (χ3v) is 7.88. The van der Waals surface area contributed by atoms with Gasteiger partial charge in [0.05, 0.1) is 28.2 Å². The Balaban J connectivity index is 0.000000444. The lowest BCUT2D eigenvalue weighted by atomic mass is 9.48. The number of halogens is 1. The summed E-state index contributed by atoms with van der Waals surface area (Å²) in [5, 5.41) is 0.596. The average Bonchev–Trinajstić information content (AvgIpc) is 2.60. The monoisotopic (exact) mass is 480 g/mol. The number of Topliss-reactive ketones (excluding diaryl/α,β-unsaturated/α-hetero) is 1. The van der Waals surface area contributed by atoms with Crippen LogP contribution in [0.4, 0.5) is 5.69 Å². The number of nitrogens with zero attached hydrogens (tertiary/aromatic N) is 1. The fourth-order valence-electron chi connectivity index (χ4n) is 6.90. The number of carbonyl (C=O) groups is 1. The molecule has 0 aromatic heterocycles. The van der Waals surface area contributed by atoms with E-state index in [-0.39, 0.29) is 11.0 Å². The molecule has 3 N–H and O–H groups in total. The van der Waals surface area contributed by atoms with Crippen molar-refractivity contribution in [2.45, 2.75) is 70.8 Å². The van der Waals surface area contributed by atoms with E-state index in [9.17, 15) is 13.2 Å². The minimum atomic E-state index is -3.67. The zero-order valence-corrected chi connectivity index (χ0v) is 20.6. The largest absolute Gasteiger partial charge is 0.398 e. The van der Waals surface area contributed by atoms with Crippen molar-refractivity contribution in [3.63, 3.8) is 0 Å². The molecule has 0 atom stereocenters. The van der Waals surface area contributed by atoms with Crippen molar-refractivity contribution < 1.29 is 17.8 Å². The van der Waals surface area contributed by atoms with Crippen LogP contribution in [0.25, 0.3) is 0 Å². The number of hydrogen-bond donors (Lipinski definition) is 2. The molecule has 0 saturated heterocycles. The van der Waals surface area contributed by atoms with Gasteiger partial charge in [0.15, 0.2) is 0 Å². The van der Waals surface area contributed by atoms with E-state index in [4.69, 9.17) is 26.9 Å².